The molecule has 1 aromatic carbocycles. The lowest BCUT2D eigenvalue weighted by atomic mass is 9.90. The Morgan fingerprint density at radius 1 is 1.22 bits per heavy atom. The molecule has 2 rings (SSSR count). The molecular formula is C20H31N3O4. The van der Waals surface area contributed by atoms with Crippen molar-refractivity contribution in [3.8, 4) is 11.5 Å². The van der Waals surface area contributed by atoms with Crippen LogP contribution in [0, 0.1) is 11.3 Å². The molecule has 2 amide bonds. The highest BCUT2D eigenvalue weighted by atomic mass is 16.5. The standard InChI is InChI=1S/C20H31N3O4/c1-13(2)17(19(25)23-7-6-20(3,11-21)12-23)22-18(24)14-8-15(26-4)10-16(9-14)27-5/h8-10,13,17H,6-7,11-12,21H2,1-5H3,(H,22,24). The third-order valence-corrected chi connectivity index (χ3v) is 5.20. The highest BCUT2D eigenvalue weighted by Gasteiger charge is 2.38. The Kier molecular flexibility index (Phi) is 6.70. The van der Waals surface area contributed by atoms with Gasteiger partial charge in [0.25, 0.3) is 5.91 Å². The molecule has 2 atom stereocenters. The SMILES string of the molecule is COc1cc(OC)cc(C(=O)NC(C(=O)N2CCC(C)(CN)C2)C(C)C)c1. The first kappa shape index (κ1) is 21.0. The van der Waals surface area contributed by atoms with E-state index in [1.54, 1.807) is 18.2 Å². The molecule has 0 aliphatic carbocycles. The second kappa shape index (κ2) is 8.61. The maximum Gasteiger partial charge on any atom is 0.252 e. The fourth-order valence-corrected chi connectivity index (χ4v) is 3.25. The lowest BCUT2D eigenvalue weighted by molar-refractivity contribution is -0.133. The maximum absolute atomic E-state index is 13.0. The van der Waals surface area contributed by atoms with Crippen molar-refractivity contribution in [2.75, 3.05) is 33.9 Å². The Morgan fingerprint density at radius 3 is 2.26 bits per heavy atom. The minimum absolute atomic E-state index is 0.0429. The van der Waals surface area contributed by atoms with Gasteiger partial charge in [-0.2, -0.15) is 0 Å². The Morgan fingerprint density at radius 2 is 1.81 bits per heavy atom. The van der Waals surface area contributed by atoms with Crippen LogP contribution in [0.4, 0.5) is 0 Å². The first-order chi connectivity index (χ1) is 12.7. The van der Waals surface area contributed by atoms with Gasteiger partial charge < -0.3 is 25.4 Å². The van der Waals surface area contributed by atoms with E-state index >= 15 is 0 Å². The number of benzene rings is 1. The minimum atomic E-state index is -0.602. The monoisotopic (exact) mass is 377 g/mol. The van der Waals surface area contributed by atoms with E-state index in [0.717, 1.165) is 6.42 Å². The number of hydrogen-bond acceptors (Lipinski definition) is 5. The van der Waals surface area contributed by atoms with Gasteiger partial charge in [-0.15, -0.1) is 0 Å². The molecule has 150 valence electrons. The van der Waals surface area contributed by atoms with Crippen molar-refractivity contribution in [1.29, 1.82) is 0 Å². The maximum atomic E-state index is 13.0. The van der Waals surface area contributed by atoms with Gasteiger partial charge in [-0.3, -0.25) is 9.59 Å². The normalized spacial score (nSPS) is 20.5. The summed E-state index contributed by atoms with van der Waals surface area (Å²) in [6.45, 7) is 7.76. The molecule has 27 heavy (non-hydrogen) atoms. The van der Waals surface area contributed by atoms with Crippen LogP contribution in [0.1, 0.15) is 37.6 Å². The molecule has 0 aromatic heterocycles. The number of nitrogens with one attached hydrogen (secondary N) is 1. The van der Waals surface area contributed by atoms with Crippen molar-refractivity contribution in [1.82, 2.24) is 10.2 Å². The first-order valence-electron chi connectivity index (χ1n) is 9.26. The fraction of sp³-hybridized carbons (Fsp3) is 0.600. The number of rotatable bonds is 7. The topological polar surface area (TPSA) is 93.9 Å². The summed E-state index contributed by atoms with van der Waals surface area (Å²) < 4.78 is 10.4. The van der Waals surface area contributed by atoms with E-state index in [2.05, 4.69) is 12.2 Å². The Bertz CT molecular complexity index is 670. The zero-order valence-corrected chi connectivity index (χ0v) is 16.9. The predicted molar refractivity (Wildman–Crippen MR) is 104 cm³/mol. The van der Waals surface area contributed by atoms with E-state index in [1.807, 2.05) is 18.7 Å². The van der Waals surface area contributed by atoms with Crippen LogP contribution in [0.2, 0.25) is 0 Å². The molecule has 7 heteroatoms. The van der Waals surface area contributed by atoms with Crippen LogP contribution in [-0.2, 0) is 4.79 Å². The van der Waals surface area contributed by atoms with Crippen molar-refractivity contribution >= 4 is 11.8 Å². The average molecular weight is 377 g/mol. The van der Waals surface area contributed by atoms with Crippen molar-refractivity contribution in [2.45, 2.75) is 33.2 Å². The van der Waals surface area contributed by atoms with Gasteiger partial charge in [0, 0.05) is 24.7 Å². The summed E-state index contributed by atoms with van der Waals surface area (Å²) in [5.74, 6) is 0.597. The lowest BCUT2D eigenvalue weighted by Crippen LogP contribution is -2.51. The number of nitrogens with zero attached hydrogens (tertiary/aromatic N) is 1. The fourth-order valence-electron chi connectivity index (χ4n) is 3.25. The van der Waals surface area contributed by atoms with Gasteiger partial charge >= 0.3 is 0 Å². The van der Waals surface area contributed by atoms with Crippen LogP contribution in [-0.4, -0.2) is 56.6 Å². The van der Waals surface area contributed by atoms with E-state index in [0.29, 0.717) is 36.7 Å². The van der Waals surface area contributed by atoms with Crippen molar-refractivity contribution in [3.05, 3.63) is 23.8 Å². The van der Waals surface area contributed by atoms with Gasteiger partial charge in [-0.25, -0.2) is 0 Å². The molecular weight excluding hydrogens is 346 g/mol. The van der Waals surface area contributed by atoms with Crippen LogP contribution < -0.4 is 20.5 Å². The summed E-state index contributed by atoms with van der Waals surface area (Å²) in [5, 5.41) is 2.88. The molecule has 1 aliphatic rings. The molecule has 0 bridgehead atoms. The first-order valence-corrected chi connectivity index (χ1v) is 9.26. The quantitative estimate of drug-likeness (QED) is 0.754. The van der Waals surface area contributed by atoms with Crippen molar-refractivity contribution < 1.29 is 19.1 Å². The third kappa shape index (κ3) is 4.91. The largest absolute Gasteiger partial charge is 0.497 e. The molecule has 0 saturated carbocycles. The molecule has 0 spiro atoms. The number of likely N-dealkylation sites (tertiary alicyclic amines) is 1. The summed E-state index contributed by atoms with van der Waals surface area (Å²) in [4.78, 5) is 27.6. The molecule has 1 saturated heterocycles. The zero-order valence-electron chi connectivity index (χ0n) is 16.9. The molecule has 1 aromatic rings. The minimum Gasteiger partial charge on any atom is -0.497 e. The number of amides is 2. The van der Waals surface area contributed by atoms with E-state index in [9.17, 15) is 9.59 Å². The molecule has 1 fully saturated rings. The lowest BCUT2D eigenvalue weighted by Gasteiger charge is -2.28. The second-order valence-corrected chi connectivity index (χ2v) is 7.82. The van der Waals surface area contributed by atoms with E-state index in [-0.39, 0.29) is 23.1 Å². The predicted octanol–water partition coefficient (Wildman–Crippen LogP) is 1.66. The molecule has 1 heterocycles. The summed E-state index contributed by atoms with van der Waals surface area (Å²) in [6, 6.07) is 4.34. The van der Waals surface area contributed by atoms with Crippen LogP contribution in [0.3, 0.4) is 0 Å². The van der Waals surface area contributed by atoms with Crippen LogP contribution >= 0.6 is 0 Å². The highest BCUT2D eigenvalue weighted by Crippen LogP contribution is 2.29. The van der Waals surface area contributed by atoms with Gasteiger partial charge in [-0.05, 0) is 36.4 Å². The van der Waals surface area contributed by atoms with Gasteiger partial charge in [0.15, 0.2) is 0 Å². The summed E-state index contributed by atoms with van der Waals surface area (Å²) >= 11 is 0. The number of carbonyl (C=O) groups is 2. The average Bonchev–Trinajstić information content (AvgIpc) is 3.07. The van der Waals surface area contributed by atoms with Gasteiger partial charge in [0.2, 0.25) is 5.91 Å². The number of ether oxygens (including phenoxy) is 2. The van der Waals surface area contributed by atoms with Crippen molar-refractivity contribution in [2.24, 2.45) is 17.1 Å². The van der Waals surface area contributed by atoms with E-state index in [1.165, 1.54) is 14.2 Å². The number of methoxy groups -OCH3 is 2. The molecule has 2 unspecified atom stereocenters. The third-order valence-electron chi connectivity index (χ3n) is 5.20. The molecule has 0 radical (unpaired) electrons. The molecule has 7 nitrogen and oxygen atoms in total. The van der Waals surface area contributed by atoms with Gasteiger partial charge in [0.1, 0.15) is 17.5 Å². The highest BCUT2D eigenvalue weighted by molar-refractivity contribution is 5.98. The van der Waals surface area contributed by atoms with Crippen LogP contribution in [0.5, 0.6) is 11.5 Å². The molecule has 3 N–H and O–H groups in total. The molecule has 1 aliphatic heterocycles. The second-order valence-electron chi connectivity index (χ2n) is 7.82. The van der Waals surface area contributed by atoms with Gasteiger partial charge in [-0.1, -0.05) is 20.8 Å². The van der Waals surface area contributed by atoms with E-state index in [4.69, 9.17) is 15.2 Å². The van der Waals surface area contributed by atoms with Crippen molar-refractivity contribution in [3.63, 3.8) is 0 Å². The zero-order chi connectivity index (χ0) is 20.2. The summed E-state index contributed by atoms with van der Waals surface area (Å²) in [5.41, 5.74) is 6.18. The summed E-state index contributed by atoms with van der Waals surface area (Å²) in [6.07, 6.45) is 0.876. The Balaban J connectivity index is 2.16. The number of hydrogen-bond donors (Lipinski definition) is 2. The van der Waals surface area contributed by atoms with E-state index < -0.39 is 6.04 Å². The Labute approximate surface area is 161 Å². The van der Waals surface area contributed by atoms with Crippen LogP contribution in [0.25, 0.3) is 0 Å². The van der Waals surface area contributed by atoms with Crippen LogP contribution in [0.15, 0.2) is 18.2 Å². The number of nitrogens with two attached hydrogens (primary N) is 1. The Hall–Kier alpha value is -2.28. The van der Waals surface area contributed by atoms with Gasteiger partial charge in [0.05, 0.1) is 14.2 Å². The number of carbonyl (C=O) groups excluding carboxylic acids is 2. The summed E-state index contributed by atoms with van der Waals surface area (Å²) in [7, 11) is 3.05. The smallest absolute Gasteiger partial charge is 0.252 e.